The summed E-state index contributed by atoms with van der Waals surface area (Å²) in [4.78, 5) is 37.5. The summed E-state index contributed by atoms with van der Waals surface area (Å²) in [6.07, 6.45) is 0. The van der Waals surface area contributed by atoms with Gasteiger partial charge in [-0.25, -0.2) is 14.8 Å². The topological polar surface area (TPSA) is 111 Å². The molecule has 5 rings (SSSR count). The van der Waals surface area contributed by atoms with Gasteiger partial charge >= 0.3 is 5.97 Å². The summed E-state index contributed by atoms with van der Waals surface area (Å²) in [6, 6.07) is 10.2. The second-order valence-electron chi connectivity index (χ2n) is 6.73. The molecule has 0 unspecified atom stereocenters. The number of ether oxygens (including phenoxy) is 1. The molecule has 0 bridgehead atoms. The van der Waals surface area contributed by atoms with Gasteiger partial charge in [0.15, 0.2) is 0 Å². The van der Waals surface area contributed by atoms with Crippen LogP contribution in [0.2, 0.25) is 5.02 Å². The van der Waals surface area contributed by atoms with Crippen LogP contribution >= 0.6 is 22.9 Å². The van der Waals surface area contributed by atoms with Crippen LogP contribution in [0.25, 0.3) is 32.6 Å². The number of H-pyrrole nitrogens is 1. The molecule has 4 heterocycles. The Morgan fingerprint density at radius 1 is 1.26 bits per heavy atom. The van der Waals surface area contributed by atoms with Crippen molar-refractivity contribution in [2.75, 3.05) is 0 Å². The highest BCUT2D eigenvalue weighted by molar-refractivity contribution is 7.13. The minimum absolute atomic E-state index is 0.207. The van der Waals surface area contributed by atoms with Crippen molar-refractivity contribution < 1.29 is 14.1 Å². The van der Waals surface area contributed by atoms with Crippen LogP contribution in [-0.2, 0) is 11.3 Å². The van der Waals surface area contributed by atoms with Crippen molar-refractivity contribution in [2.24, 2.45) is 0 Å². The first-order valence-corrected chi connectivity index (χ1v) is 10.4. The minimum atomic E-state index is -0.606. The molecule has 0 fully saturated rings. The third kappa shape index (κ3) is 3.58. The molecule has 1 aromatic carbocycles. The summed E-state index contributed by atoms with van der Waals surface area (Å²) in [6.45, 7) is 1.50. The van der Waals surface area contributed by atoms with E-state index in [4.69, 9.17) is 20.9 Å². The summed E-state index contributed by atoms with van der Waals surface area (Å²) < 4.78 is 10.7. The average Bonchev–Trinajstić information content (AvgIpc) is 3.41. The highest BCUT2D eigenvalue weighted by Gasteiger charge is 2.21. The van der Waals surface area contributed by atoms with E-state index in [1.165, 1.54) is 11.3 Å². The number of nitrogens with one attached hydrogen (secondary N) is 1. The third-order valence-corrected chi connectivity index (χ3v) is 5.80. The predicted octanol–water partition coefficient (Wildman–Crippen LogP) is 4.51. The van der Waals surface area contributed by atoms with E-state index >= 15 is 0 Å². The Kier molecular flexibility index (Phi) is 4.76. The molecule has 0 saturated heterocycles. The number of thiophene rings is 1. The van der Waals surface area contributed by atoms with Gasteiger partial charge in [0.1, 0.15) is 12.4 Å². The van der Waals surface area contributed by atoms with E-state index in [0.29, 0.717) is 32.7 Å². The monoisotopic (exact) mass is 452 g/mol. The summed E-state index contributed by atoms with van der Waals surface area (Å²) in [5.74, 6) is -0.399. The average molecular weight is 453 g/mol. The first-order chi connectivity index (χ1) is 15.0. The van der Waals surface area contributed by atoms with Crippen LogP contribution in [0.15, 0.2) is 51.1 Å². The molecule has 0 aliphatic heterocycles. The van der Waals surface area contributed by atoms with Crippen LogP contribution in [0.5, 0.6) is 0 Å². The fraction of sp³-hybridized carbons (Fsp3) is 0.0952. The van der Waals surface area contributed by atoms with Gasteiger partial charge in [-0.2, -0.15) is 0 Å². The number of pyridine rings is 1. The molecule has 10 heteroatoms. The molecule has 154 valence electrons. The van der Waals surface area contributed by atoms with Gasteiger partial charge in [0.2, 0.25) is 0 Å². The fourth-order valence-electron chi connectivity index (χ4n) is 3.25. The van der Waals surface area contributed by atoms with Gasteiger partial charge in [-0.3, -0.25) is 4.79 Å². The van der Waals surface area contributed by atoms with Crippen molar-refractivity contribution in [1.82, 2.24) is 20.1 Å². The van der Waals surface area contributed by atoms with Crippen LogP contribution in [-0.4, -0.2) is 26.1 Å². The van der Waals surface area contributed by atoms with E-state index in [1.807, 2.05) is 17.5 Å². The molecular formula is C21H13ClN4O4S. The summed E-state index contributed by atoms with van der Waals surface area (Å²) in [5.41, 5.74) is 1.72. The SMILES string of the molecule is Cc1noc2nc(-c3cccs3)cc(C(=O)OCc3nc4cc(Cl)ccc4c(=O)[nH]3)c12. The Balaban J connectivity index is 1.49. The Morgan fingerprint density at radius 2 is 2.13 bits per heavy atom. The molecule has 0 aliphatic rings. The lowest BCUT2D eigenvalue weighted by atomic mass is 10.1. The van der Waals surface area contributed by atoms with Crippen molar-refractivity contribution in [3.8, 4) is 10.6 Å². The van der Waals surface area contributed by atoms with Crippen LogP contribution in [0, 0.1) is 6.92 Å². The van der Waals surface area contributed by atoms with Gasteiger partial charge < -0.3 is 14.2 Å². The van der Waals surface area contributed by atoms with Crippen LogP contribution in [0.1, 0.15) is 21.9 Å². The zero-order valence-electron chi connectivity index (χ0n) is 16.0. The molecule has 0 atom stereocenters. The zero-order valence-corrected chi connectivity index (χ0v) is 17.6. The number of benzene rings is 1. The number of aromatic amines is 1. The van der Waals surface area contributed by atoms with E-state index < -0.39 is 5.97 Å². The van der Waals surface area contributed by atoms with Crippen LogP contribution < -0.4 is 5.56 Å². The highest BCUT2D eigenvalue weighted by Crippen LogP contribution is 2.30. The summed E-state index contributed by atoms with van der Waals surface area (Å²) >= 11 is 7.48. The van der Waals surface area contributed by atoms with Gasteiger partial charge in [0, 0.05) is 5.02 Å². The van der Waals surface area contributed by atoms with Crippen molar-refractivity contribution in [1.29, 1.82) is 0 Å². The Bertz CT molecular complexity index is 1510. The lowest BCUT2D eigenvalue weighted by molar-refractivity contribution is 0.0464. The van der Waals surface area contributed by atoms with Crippen LogP contribution in [0.3, 0.4) is 0 Å². The Labute approximate surface area is 183 Å². The number of hydrogen-bond donors (Lipinski definition) is 1. The number of rotatable bonds is 4. The van der Waals surface area contributed by atoms with Gasteiger partial charge in [0.05, 0.1) is 38.1 Å². The highest BCUT2D eigenvalue weighted by atomic mass is 35.5. The zero-order chi connectivity index (χ0) is 21.5. The molecule has 0 saturated carbocycles. The lowest BCUT2D eigenvalue weighted by Crippen LogP contribution is -2.15. The fourth-order valence-corrected chi connectivity index (χ4v) is 4.10. The number of carbonyl (C=O) groups is 1. The maximum Gasteiger partial charge on any atom is 0.339 e. The molecule has 31 heavy (non-hydrogen) atoms. The van der Waals surface area contributed by atoms with Crippen molar-refractivity contribution >= 4 is 50.9 Å². The van der Waals surface area contributed by atoms with E-state index in [9.17, 15) is 9.59 Å². The second-order valence-corrected chi connectivity index (χ2v) is 8.11. The van der Waals surface area contributed by atoms with Crippen LogP contribution in [0.4, 0.5) is 0 Å². The molecule has 8 nitrogen and oxygen atoms in total. The number of halogens is 1. The number of hydrogen-bond acceptors (Lipinski definition) is 8. The standard InChI is InChI=1S/C21H13ClN4O4S/c1-10-18-13(8-15(16-3-2-6-31-16)24-20(18)30-26-10)21(28)29-9-17-23-14-7-11(22)4-5-12(14)19(27)25-17/h2-8H,9H2,1H3,(H,23,25,27). The van der Waals surface area contributed by atoms with Gasteiger partial charge in [-0.05, 0) is 42.6 Å². The molecule has 5 aromatic rings. The number of esters is 1. The number of fused-ring (bicyclic) bond motifs is 2. The van der Waals surface area contributed by atoms with E-state index in [2.05, 4.69) is 20.1 Å². The number of aryl methyl sites for hydroxylation is 1. The molecular weight excluding hydrogens is 440 g/mol. The van der Waals surface area contributed by atoms with E-state index in [0.717, 1.165) is 4.88 Å². The van der Waals surface area contributed by atoms with Crippen molar-refractivity contribution in [2.45, 2.75) is 13.5 Å². The molecule has 0 aliphatic carbocycles. The third-order valence-electron chi connectivity index (χ3n) is 4.67. The summed E-state index contributed by atoms with van der Waals surface area (Å²) in [7, 11) is 0. The summed E-state index contributed by atoms with van der Waals surface area (Å²) in [5, 5.41) is 7.17. The molecule has 4 aromatic heterocycles. The number of carbonyl (C=O) groups excluding carboxylic acids is 1. The largest absolute Gasteiger partial charge is 0.454 e. The normalized spacial score (nSPS) is 11.3. The molecule has 0 amide bonds. The van der Waals surface area contributed by atoms with E-state index in [-0.39, 0.29) is 29.3 Å². The predicted molar refractivity (Wildman–Crippen MR) is 116 cm³/mol. The Morgan fingerprint density at radius 3 is 2.94 bits per heavy atom. The minimum Gasteiger partial charge on any atom is -0.454 e. The maximum atomic E-state index is 12.9. The Hall–Kier alpha value is -3.56. The van der Waals surface area contributed by atoms with Crippen molar-refractivity contribution in [3.05, 3.63) is 74.2 Å². The molecule has 1 N–H and O–H groups in total. The van der Waals surface area contributed by atoms with Gasteiger partial charge in [0.25, 0.3) is 11.3 Å². The van der Waals surface area contributed by atoms with E-state index in [1.54, 1.807) is 31.2 Å². The smallest absolute Gasteiger partial charge is 0.339 e. The first kappa shape index (κ1) is 19.4. The number of nitrogens with zero attached hydrogens (tertiary/aromatic N) is 3. The maximum absolute atomic E-state index is 12.9. The first-order valence-electron chi connectivity index (χ1n) is 9.16. The quantitative estimate of drug-likeness (QED) is 0.399. The van der Waals surface area contributed by atoms with Gasteiger partial charge in [-0.1, -0.05) is 22.8 Å². The molecule has 0 spiro atoms. The van der Waals surface area contributed by atoms with Gasteiger partial charge in [-0.15, -0.1) is 11.3 Å². The van der Waals surface area contributed by atoms with Crippen molar-refractivity contribution in [3.63, 3.8) is 0 Å². The second kappa shape index (κ2) is 7.60. The molecule has 0 radical (unpaired) electrons. The number of aromatic nitrogens is 4. The lowest BCUT2D eigenvalue weighted by Gasteiger charge is -2.08.